The largest absolute Gasteiger partial charge is 0.407 e. The standard InChI is InChI=1S/C26H28F4N2O/c1-17-4-6-18(7-5-17)19-8-10-20(11-9-19)23(26(28,29)30)32-21(14-24(2,3)27)22(33)15-25(16-31)12-13-25/h4-11,21,23,32H,12-15H2,1-3H3/t21-,23-/m0/s1/i2D3/t21-,23-,24?. The van der Waals surface area contributed by atoms with Gasteiger partial charge in [-0.05, 0) is 50.2 Å². The molecular weight excluding hydrogens is 432 g/mol. The Morgan fingerprint density at radius 3 is 2.12 bits per heavy atom. The summed E-state index contributed by atoms with van der Waals surface area (Å²) in [5.74, 6) is -0.812. The number of halogens is 4. The highest BCUT2D eigenvalue weighted by atomic mass is 19.4. The van der Waals surface area contributed by atoms with Gasteiger partial charge in [-0.15, -0.1) is 0 Å². The van der Waals surface area contributed by atoms with Crippen LogP contribution in [0.2, 0.25) is 0 Å². The van der Waals surface area contributed by atoms with Crippen LogP contribution in [0.25, 0.3) is 11.1 Å². The van der Waals surface area contributed by atoms with E-state index in [-0.39, 0.29) is 12.0 Å². The lowest BCUT2D eigenvalue weighted by Gasteiger charge is -2.30. The molecule has 2 aromatic carbocycles. The highest BCUT2D eigenvalue weighted by Crippen LogP contribution is 2.48. The lowest BCUT2D eigenvalue weighted by molar-refractivity contribution is -0.161. The average Bonchev–Trinajstić information content (AvgIpc) is 3.55. The summed E-state index contributed by atoms with van der Waals surface area (Å²) in [7, 11) is 0. The summed E-state index contributed by atoms with van der Waals surface area (Å²) >= 11 is 0. The van der Waals surface area contributed by atoms with Gasteiger partial charge in [0.2, 0.25) is 0 Å². The molecule has 0 spiro atoms. The van der Waals surface area contributed by atoms with Crippen molar-refractivity contribution >= 4 is 5.78 Å². The van der Waals surface area contributed by atoms with Crippen LogP contribution in [0.5, 0.6) is 0 Å². The smallest absolute Gasteiger partial charge is 0.298 e. The highest BCUT2D eigenvalue weighted by molar-refractivity contribution is 5.85. The van der Waals surface area contributed by atoms with Crippen molar-refractivity contribution < 1.29 is 26.5 Å². The van der Waals surface area contributed by atoms with Gasteiger partial charge in [0, 0.05) is 17.0 Å². The first-order valence-electron chi connectivity index (χ1n) is 12.2. The molecule has 3 atom stereocenters. The molecule has 0 radical (unpaired) electrons. The van der Waals surface area contributed by atoms with Crippen molar-refractivity contribution in [3.05, 3.63) is 59.7 Å². The number of Topliss-reactive ketones (excluding diaryl/α,β-unsaturated/α-hetero) is 1. The van der Waals surface area contributed by atoms with Crippen molar-refractivity contribution in [3.8, 4) is 17.2 Å². The van der Waals surface area contributed by atoms with E-state index in [2.05, 4.69) is 5.32 Å². The van der Waals surface area contributed by atoms with Gasteiger partial charge < -0.3 is 0 Å². The zero-order valence-electron chi connectivity index (χ0n) is 21.5. The van der Waals surface area contributed by atoms with Crippen LogP contribution in [-0.2, 0) is 4.79 Å². The first kappa shape index (κ1) is 20.9. The minimum absolute atomic E-state index is 0.202. The topological polar surface area (TPSA) is 52.9 Å². The first-order chi connectivity index (χ1) is 16.6. The van der Waals surface area contributed by atoms with E-state index in [4.69, 9.17) is 4.11 Å². The first-order valence-corrected chi connectivity index (χ1v) is 10.7. The van der Waals surface area contributed by atoms with Crippen LogP contribution in [0.1, 0.15) is 60.7 Å². The van der Waals surface area contributed by atoms with Gasteiger partial charge >= 0.3 is 6.18 Å². The maximum atomic E-state index is 15.1. The van der Waals surface area contributed by atoms with E-state index in [1.54, 1.807) is 0 Å². The van der Waals surface area contributed by atoms with Crippen LogP contribution < -0.4 is 5.32 Å². The van der Waals surface area contributed by atoms with E-state index in [0.717, 1.165) is 18.1 Å². The highest BCUT2D eigenvalue weighted by Gasteiger charge is 2.48. The van der Waals surface area contributed by atoms with E-state index in [9.17, 15) is 23.2 Å². The number of aryl methyl sites for hydroxylation is 1. The predicted octanol–water partition coefficient (Wildman–Crippen LogP) is 6.62. The number of hydrogen-bond acceptors (Lipinski definition) is 3. The summed E-state index contributed by atoms with van der Waals surface area (Å²) in [4.78, 5) is 13.0. The number of carbonyl (C=O) groups excluding carboxylic acids is 1. The molecule has 0 aromatic heterocycles. The van der Waals surface area contributed by atoms with Crippen molar-refractivity contribution in [3.63, 3.8) is 0 Å². The minimum Gasteiger partial charge on any atom is -0.298 e. The molecule has 176 valence electrons. The molecule has 1 unspecified atom stereocenters. The second kappa shape index (κ2) is 9.26. The fourth-order valence-electron chi connectivity index (χ4n) is 3.78. The van der Waals surface area contributed by atoms with Gasteiger partial charge in [-0.25, -0.2) is 4.39 Å². The number of alkyl halides is 4. The van der Waals surface area contributed by atoms with Crippen LogP contribution in [0, 0.1) is 23.7 Å². The number of ketones is 1. The van der Waals surface area contributed by atoms with Crippen LogP contribution in [0.4, 0.5) is 17.6 Å². The quantitative estimate of drug-likeness (QED) is 0.425. The third-order valence-electron chi connectivity index (χ3n) is 5.90. The number of benzene rings is 2. The van der Waals surface area contributed by atoms with E-state index in [1.807, 2.05) is 37.3 Å². The Morgan fingerprint density at radius 1 is 1.12 bits per heavy atom. The van der Waals surface area contributed by atoms with Crippen LogP contribution in [0.15, 0.2) is 48.5 Å². The molecule has 7 heteroatoms. The normalized spacial score (nSPS) is 20.3. The lowest BCUT2D eigenvalue weighted by atomic mass is 9.90. The van der Waals surface area contributed by atoms with Crippen molar-refractivity contribution in [2.75, 3.05) is 0 Å². The zero-order chi connectivity index (χ0) is 26.9. The Labute approximate surface area is 196 Å². The van der Waals surface area contributed by atoms with Crippen molar-refractivity contribution in [1.82, 2.24) is 5.32 Å². The van der Waals surface area contributed by atoms with E-state index in [1.165, 1.54) is 24.3 Å². The maximum Gasteiger partial charge on any atom is 0.407 e. The molecule has 33 heavy (non-hydrogen) atoms. The van der Waals surface area contributed by atoms with Gasteiger partial charge in [0.1, 0.15) is 11.7 Å². The maximum absolute atomic E-state index is 15.1. The van der Waals surface area contributed by atoms with Crippen molar-refractivity contribution in [1.29, 1.82) is 5.26 Å². The average molecular weight is 464 g/mol. The Hall–Kier alpha value is -2.72. The molecule has 0 saturated heterocycles. The van der Waals surface area contributed by atoms with Gasteiger partial charge in [-0.1, -0.05) is 54.1 Å². The van der Waals surface area contributed by atoms with Crippen LogP contribution in [0.3, 0.4) is 0 Å². The minimum atomic E-state index is -4.86. The third-order valence-corrected chi connectivity index (χ3v) is 5.90. The molecule has 0 amide bonds. The lowest BCUT2D eigenvalue weighted by Crippen LogP contribution is -2.47. The summed E-state index contributed by atoms with van der Waals surface area (Å²) in [6, 6.07) is 10.9. The Bertz CT molecular complexity index is 1120. The Balaban J connectivity index is 1.91. The monoisotopic (exact) mass is 463 g/mol. The van der Waals surface area contributed by atoms with E-state index in [0.29, 0.717) is 18.4 Å². The van der Waals surface area contributed by atoms with Gasteiger partial charge in [0.25, 0.3) is 0 Å². The van der Waals surface area contributed by atoms with Crippen molar-refractivity contribution in [2.45, 2.75) is 70.3 Å². The molecule has 1 saturated carbocycles. The SMILES string of the molecule is [2H]C([2H])([2H])C(C)(F)C[C@H](N[C@@H](c1ccc(-c2ccc(C)cc2)cc1)C(F)(F)F)C(=O)CC1(C#N)CC1. The number of nitriles is 1. The number of nitrogens with one attached hydrogen (secondary N) is 1. The van der Waals surface area contributed by atoms with E-state index < -0.39 is 48.4 Å². The van der Waals surface area contributed by atoms with Gasteiger partial charge in [-0.2, -0.15) is 18.4 Å². The predicted molar refractivity (Wildman–Crippen MR) is 119 cm³/mol. The Morgan fingerprint density at radius 2 is 1.67 bits per heavy atom. The number of carbonyl (C=O) groups is 1. The molecule has 3 nitrogen and oxygen atoms in total. The summed E-state index contributed by atoms with van der Waals surface area (Å²) in [6.07, 6.45) is -5.38. The second-order valence-corrected chi connectivity index (χ2v) is 9.12. The molecule has 1 fully saturated rings. The fourth-order valence-corrected chi connectivity index (χ4v) is 3.78. The molecule has 0 heterocycles. The molecule has 0 aliphatic heterocycles. The molecule has 1 N–H and O–H groups in total. The summed E-state index contributed by atoms with van der Waals surface area (Å²) in [5.41, 5.74) is -1.56. The van der Waals surface area contributed by atoms with E-state index >= 15 is 4.39 Å². The molecule has 3 rings (SSSR count). The third kappa shape index (κ3) is 6.64. The molecular formula is C26H28F4N2O. The number of rotatable bonds is 9. The Kier molecular flexibility index (Phi) is 5.85. The number of nitrogens with zero attached hydrogens (tertiary/aromatic N) is 1. The summed E-state index contributed by atoms with van der Waals surface area (Å²) in [5, 5.41) is 11.5. The number of hydrogen-bond donors (Lipinski definition) is 1. The van der Waals surface area contributed by atoms with Gasteiger partial charge in [0.15, 0.2) is 5.78 Å². The fraction of sp³-hybridized carbons (Fsp3) is 0.462. The summed E-state index contributed by atoms with van der Waals surface area (Å²) in [6.45, 7) is -0.484. The van der Waals surface area contributed by atoms with Crippen LogP contribution >= 0.6 is 0 Å². The molecule has 0 bridgehead atoms. The summed E-state index contributed by atoms with van der Waals surface area (Å²) < 4.78 is 79.8. The molecule has 2 aromatic rings. The van der Waals surface area contributed by atoms with Gasteiger partial charge in [-0.3, -0.25) is 10.1 Å². The zero-order valence-corrected chi connectivity index (χ0v) is 18.5. The molecule has 1 aliphatic rings. The van der Waals surface area contributed by atoms with Crippen molar-refractivity contribution in [2.24, 2.45) is 5.41 Å². The molecule has 1 aliphatic carbocycles. The second-order valence-electron chi connectivity index (χ2n) is 9.12. The van der Waals surface area contributed by atoms with Gasteiger partial charge in [0.05, 0.1) is 17.5 Å². The van der Waals surface area contributed by atoms with Crippen LogP contribution in [-0.4, -0.2) is 23.7 Å².